The van der Waals surface area contributed by atoms with Gasteiger partial charge in [-0.2, -0.15) is 9.97 Å². The van der Waals surface area contributed by atoms with Gasteiger partial charge in [0, 0.05) is 50.4 Å². The van der Waals surface area contributed by atoms with Crippen LogP contribution >= 0.6 is 0 Å². The summed E-state index contributed by atoms with van der Waals surface area (Å²) in [5.74, 6) is 1.08. The average Bonchev–Trinajstić information content (AvgIpc) is 3.57. The van der Waals surface area contributed by atoms with Gasteiger partial charge >= 0.3 is 0 Å². The number of carbonyl (C=O) groups is 1. The molecule has 0 radical (unpaired) electrons. The number of carbonyl (C=O) groups excluding carboxylic acids is 1. The molecule has 13 heteroatoms. The standard InChI is InChI=1S/C28H37F2N9O2/c29-26(30)27-34-21-3-1-2-4-22(21)39(27)24-15-23(35-28(36-24)38-11-13-41-14-12-38)32-19-5-7-20(8-6-19)33-25(40)17-37-10-9-18(31)16-37/h1-4,15,18-20,26H,5-14,16-17,31H2,(H,33,40)(H,32,35,36)/t18-,19-,20-/m0/s1. The Morgan fingerprint density at radius 3 is 2.51 bits per heavy atom. The topological polar surface area (TPSA) is 126 Å². The number of ether oxygens (including phenoxy) is 1. The van der Waals surface area contributed by atoms with E-state index in [2.05, 4.69) is 20.5 Å². The molecular weight excluding hydrogens is 532 g/mol. The third kappa shape index (κ3) is 6.41. The first-order valence-corrected chi connectivity index (χ1v) is 14.4. The Labute approximate surface area is 237 Å². The number of nitrogens with one attached hydrogen (secondary N) is 2. The van der Waals surface area contributed by atoms with Crippen LogP contribution in [0.1, 0.15) is 44.4 Å². The van der Waals surface area contributed by atoms with Gasteiger partial charge in [-0.25, -0.2) is 13.8 Å². The Morgan fingerprint density at radius 1 is 1.02 bits per heavy atom. The van der Waals surface area contributed by atoms with E-state index in [0.717, 1.165) is 45.2 Å². The van der Waals surface area contributed by atoms with Crippen molar-refractivity contribution < 1.29 is 18.3 Å². The minimum Gasteiger partial charge on any atom is -0.378 e. The van der Waals surface area contributed by atoms with Crippen molar-refractivity contribution in [3.05, 3.63) is 36.2 Å². The number of rotatable bonds is 8. The first-order chi connectivity index (χ1) is 19.9. The third-order valence-corrected chi connectivity index (χ3v) is 8.13. The summed E-state index contributed by atoms with van der Waals surface area (Å²) in [4.78, 5) is 30.4. The molecule has 41 heavy (non-hydrogen) atoms. The lowest BCUT2D eigenvalue weighted by atomic mass is 9.91. The number of anilines is 2. The maximum Gasteiger partial charge on any atom is 0.296 e. The van der Waals surface area contributed by atoms with Crippen molar-refractivity contribution in [2.24, 2.45) is 5.73 Å². The number of nitrogens with two attached hydrogens (primary N) is 1. The number of imidazole rings is 1. The molecule has 1 amide bonds. The number of aromatic nitrogens is 4. The normalized spacial score (nSPS) is 23.8. The van der Waals surface area contributed by atoms with Gasteiger partial charge in [0.05, 0.1) is 30.8 Å². The Morgan fingerprint density at radius 2 is 1.78 bits per heavy atom. The number of amides is 1. The highest BCUT2D eigenvalue weighted by Crippen LogP contribution is 2.30. The first-order valence-electron chi connectivity index (χ1n) is 14.4. The predicted molar refractivity (Wildman–Crippen MR) is 151 cm³/mol. The quantitative estimate of drug-likeness (QED) is 0.375. The second-order valence-corrected chi connectivity index (χ2v) is 11.1. The number of likely N-dealkylation sites (tertiary alicyclic amines) is 1. The van der Waals surface area contributed by atoms with Crippen LogP contribution in [-0.2, 0) is 9.53 Å². The van der Waals surface area contributed by atoms with Crippen molar-refractivity contribution in [3.8, 4) is 5.82 Å². The molecule has 4 heterocycles. The van der Waals surface area contributed by atoms with Crippen molar-refractivity contribution in [3.63, 3.8) is 0 Å². The third-order valence-electron chi connectivity index (χ3n) is 8.13. The number of nitrogens with zero attached hydrogens (tertiary/aromatic N) is 6. The van der Waals surface area contributed by atoms with Crippen LogP contribution in [0.15, 0.2) is 30.3 Å². The fourth-order valence-corrected chi connectivity index (χ4v) is 6.02. The molecule has 0 spiro atoms. The molecule has 1 aromatic carbocycles. The zero-order valence-corrected chi connectivity index (χ0v) is 23.0. The molecule has 1 atom stereocenters. The summed E-state index contributed by atoms with van der Waals surface area (Å²) in [7, 11) is 0. The molecule has 3 aromatic rings. The van der Waals surface area contributed by atoms with Gasteiger partial charge in [0.25, 0.3) is 6.43 Å². The van der Waals surface area contributed by atoms with Crippen LogP contribution in [0.25, 0.3) is 16.9 Å². The average molecular weight is 570 g/mol. The minimum absolute atomic E-state index is 0.0495. The van der Waals surface area contributed by atoms with E-state index in [4.69, 9.17) is 20.4 Å². The molecule has 4 N–H and O–H groups in total. The highest BCUT2D eigenvalue weighted by atomic mass is 19.3. The number of halogens is 2. The molecule has 2 aliphatic heterocycles. The van der Waals surface area contributed by atoms with Crippen LogP contribution in [0.4, 0.5) is 20.5 Å². The Balaban J connectivity index is 1.18. The maximum atomic E-state index is 14.1. The van der Waals surface area contributed by atoms with Crippen LogP contribution in [0.2, 0.25) is 0 Å². The van der Waals surface area contributed by atoms with Crippen molar-refractivity contribution in [1.29, 1.82) is 0 Å². The number of hydrogen-bond donors (Lipinski definition) is 3. The van der Waals surface area contributed by atoms with Gasteiger partial charge in [-0.05, 0) is 44.2 Å². The molecule has 0 unspecified atom stereocenters. The lowest BCUT2D eigenvalue weighted by Gasteiger charge is -2.31. The molecule has 3 fully saturated rings. The van der Waals surface area contributed by atoms with Gasteiger partial charge in [-0.3, -0.25) is 14.3 Å². The smallest absolute Gasteiger partial charge is 0.296 e. The molecule has 3 aliphatic rings. The number of alkyl halides is 2. The summed E-state index contributed by atoms with van der Waals surface area (Å²) in [6.07, 6.45) is 1.55. The van der Waals surface area contributed by atoms with E-state index < -0.39 is 6.43 Å². The molecule has 1 saturated carbocycles. The highest BCUT2D eigenvalue weighted by molar-refractivity contribution is 5.79. The fourth-order valence-electron chi connectivity index (χ4n) is 6.02. The summed E-state index contributed by atoms with van der Waals surface area (Å²) >= 11 is 0. The Kier molecular flexibility index (Phi) is 8.26. The second-order valence-electron chi connectivity index (χ2n) is 11.1. The summed E-state index contributed by atoms with van der Waals surface area (Å²) in [5.41, 5.74) is 7.01. The van der Waals surface area contributed by atoms with Crippen molar-refractivity contribution in [2.45, 2.75) is 56.7 Å². The summed E-state index contributed by atoms with van der Waals surface area (Å²) < 4.78 is 35.2. The summed E-state index contributed by atoms with van der Waals surface area (Å²) in [6, 6.07) is 9.21. The fraction of sp³-hybridized carbons (Fsp3) is 0.571. The molecule has 6 rings (SSSR count). The monoisotopic (exact) mass is 569 g/mol. The summed E-state index contributed by atoms with van der Waals surface area (Å²) in [6.45, 7) is 4.35. The second kappa shape index (κ2) is 12.2. The minimum atomic E-state index is -2.77. The van der Waals surface area contributed by atoms with Gasteiger partial charge in [-0.1, -0.05) is 12.1 Å². The zero-order valence-electron chi connectivity index (χ0n) is 23.0. The molecule has 2 aromatic heterocycles. The van der Waals surface area contributed by atoms with Gasteiger partial charge in [0.1, 0.15) is 11.6 Å². The number of para-hydroxylation sites is 2. The lowest BCUT2D eigenvalue weighted by Crippen LogP contribution is -2.44. The van der Waals surface area contributed by atoms with E-state index in [9.17, 15) is 13.6 Å². The van der Waals surface area contributed by atoms with Crippen molar-refractivity contribution in [1.82, 2.24) is 29.7 Å². The SMILES string of the molecule is N[C@H]1CCN(CC(=O)N[C@H]2CC[C@H](Nc3cc(-n4c(C(F)F)nc5ccccc54)nc(N4CCOCC4)n3)CC2)C1. The first kappa shape index (κ1) is 27.7. The maximum absolute atomic E-state index is 14.1. The van der Waals surface area contributed by atoms with E-state index in [-0.39, 0.29) is 29.9 Å². The Hall–Kier alpha value is -3.42. The molecule has 220 valence electrons. The predicted octanol–water partition coefficient (Wildman–Crippen LogP) is 2.46. The van der Waals surface area contributed by atoms with Crippen molar-refractivity contribution in [2.75, 3.05) is 56.2 Å². The zero-order chi connectivity index (χ0) is 28.3. The van der Waals surface area contributed by atoms with Crippen LogP contribution in [-0.4, -0.2) is 94.4 Å². The lowest BCUT2D eigenvalue weighted by molar-refractivity contribution is -0.122. The van der Waals surface area contributed by atoms with E-state index in [1.54, 1.807) is 30.3 Å². The Bertz CT molecular complexity index is 1360. The largest absolute Gasteiger partial charge is 0.378 e. The van der Waals surface area contributed by atoms with Gasteiger partial charge in [0.2, 0.25) is 11.9 Å². The van der Waals surface area contributed by atoms with Gasteiger partial charge in [-0.15, -0.1) is 0 Å². The molecule has 2 saturated heterocycles. The van der Waals surface area contributed by atoms with E-state index >= 15 is 0 Å². The number of fused-ring (bicyclic) bond motifs is 1. The van der Waals surface area contributed by atoms with Gasteiger partial charge < -0.3 is 26.0 Å². The van der Waals surface area contributed by atoms with E-state index in [1.807, 2.05) is 4.90 Å². The number of hydrogen-bond acceptors (Lipinski definition) is 9. The molecule has 11 nitrogen and oxygen atoms in total. The number of morpholine rings is 1. The number of benzene rings is 1. The molecular formula is C28H37F2N9O2. The summed E-state index contributed by atoms with van der Waals surface area (Å²) in [5, 5.41) is 6.72. The van der Waals surface area contributed by atoms with Crippen LogP contribution < -0.4 is 21.3 Å². The van der Waals surface area contributed by atoms with Crippen molar-refractivity contribution >= 4 is 28.7 Å². The van der Waals surface area contributed by atoms with Crippen LogP contribution in [0.5, 0.6) is 0 Å². The van der Waals surface area contributed by atoms with Crippen LogP contribution in [0.3, 0.4) is 0 Å². The molecule has 1 aliphatic carbocycles. The van der Waals surface area contributed by atoms with Gasteiger partial charge in [0.15, 0.2) is 5.82 Å². The van der Waals surface area contributed by atoms with E-state index in [1.165, 1.54) is 4.57 Å². The highest BCUT2D eigenvalue weighted by Gasteiger charge is 2.27. The molecule has 0 bridgehead atoms. The van der Waals surface area contributed by atoms with Crippen LogP contribution in [0, 0.1) is 0 Å². The van der Waals surface area contributed by atoms with E-state index in [0.29, 0.717) is 61.5 Å².